The van der Waals surface area contributed by atoms with E-state index in [1.807, 2.05) is 0 Å². The summed E-state index contributed by atoms with van der Waals surface area (Å²) < 4.78 is 4.80. The number of hydrogen-bond acceptors (Lipinski definition) is 2. The molecule has 0 saturated carbocycles. The fraction of sp³-hybridized carbons (Fsp3) is 0. The number of nitrogens with zero attached hydrogens (tertiary/aromatic N) is 4. The predicted molar refractivity (Wildman–Crippen MR) is 551 cm³/mol. The largest absolute Gasteiger partial charge is 0.311 e. The first-order valence-corrected chi connectivity index (χ1v) is 44.6. The van der Waals surface area contributed by atoms with Gasteiger partial charge in [0.2, 0.25) is 0 Å². The summed E-state index contributed by atoms with van der Waals surface area (Å²) in [7, 11) is 0. The number of anilines is 6. The summed E-state index contributed by atoms with van der Waals surface area (Å²) in [6.45, 7) is 0. The minimum absolute atomic E-state index is 1.11. The van der Waals surface area contributed by atoms with Crippen molar-refractivity contribution in [2.75, 3.05) is 9.80 Å². The summed E-state index contributed by atoms with van der Waals surface area (Å²) in [6.07, 6.45) is 0. The van der Waals surface area contributed by atoms with Crippen molar-refractivity contribution < 1.29 is 0 Å². The molecule has 0 aliphatic carbocycles. The van der Waals surface area contributed by atoms with Crippen LogP contribution >= 0.6 is 0 Å². The van der Waals surface area contributed by atoms with Crippen LogP contribution < -0.4 is 9.80 Å². The van der Waals surface area contributed by atoms with Gasteiger partial charge in [-0.1, -0.05) is 400 Å². The number of para-hydroxylation sites is 4. The Morgan fingerprint density at radius 2 is 0.308 bits per heavy atom. The molecule has 0 fully saturated rings. The van der Waals surface area contributed by atoms with E-state index in [9.17, 15) is 0 Å². The zero-order valence-corrected chi connectivity index (χ0v) is 71.6. The monoisotopic (exact) mass is 1660 g/mol. The highest BCUT2D eigenvalue weighted by molar-refractivity contribution is 6.12. The summed E-state index contributed by atoms with van der Waals surface area (Å²) in [5.74, 6) is 0. The topological polar surface area (TPSA) is 16.3 Å². The van der Waals surface area contributed by atoms with Gasteiger partial charge in [-0.2, -0.15) is 0 Å². The molecule has 612 valence electrons. The minimum atomic E-state index is 1.11. The van der Waals surface area contributed by atoms with Gasteiger partial charge in [-0.25, -0.2) is 0 Å². The minimum Gasteiger partial charge on any atom is -0.311 e. The number of aromatic nitrogens is 2. The molecule has 130 heavy (non-hydrogen) atoms. The van der Waals surface area contributed by atoms with Crippen molar-refractivity contribution in [3.05, 3.63) is 534 Å². The van der Waals surface area contributed by atoms with E-state index in [2.05, 4.69) is 553 Å². The maximum Gasteiger partial charge on any atom is 0.0541 e. The van der Waals surface area contributed by atoms with E-state index in [-0.39, 0.29) is 0 Å². The summed E-state index contributed by atoms with van der Waals surface area (Å²) in [6, 6.07) is 193. The van der Waals surface area contributed by atoms with Gasteiger partial charge in [0.05, 0.1) is 22.1 Å². The smallest absolute Gasteiger partial charge is 0.0541 e. The normalized spacial score (nSPS) is 11.2. The van der Waals surface area contributed by atoms with Crippen molar-refractivity contribution in [1.29, 1.82) is 0 Å². The Morgan fingerprint density at radius 1 is 0.115 bits per heavy atom. The molecule has 0 N–H and O–H groups in total. The maximum absolute atomic E-state index is 2.40. The third-order valence-electron chi connectivity index (χ3n) is 25.3. The van der Waals surface area contributed by atoms with Crippen molar-refractivity contribution >= 4 is 77.7 Å². The van der Waals surface area contributed by atoms with Gasteiger partial charge in [0.25, 0.3) is 0 Å². The average molecular weight is 1660 g/mol. The maximum atomic E-state index is 2.40. The summed E-state index contributed by atoms with van der Waals surface area (Å²) >= 11 is 0. The van der Waals surface area contributed by atoms with E-state index < -0.39 is 0 Å². The van der Waals surface area contributed by atoms with Gasteiger partial charge in [0.15, 0.2) is 0 Å². The van der Waals surface area contributed by atoms with Gasteiger partial charge in [0.1, 0.15) is 0 Å². The molecule has 2 heterocycles. The van der Waals surface area contributed by atoms with E-state index >= 15 is 0 Å². The fourth-order valence-corrected chi connectivity index (χ4v) is 18.7. The van der Waals surface area contributed by atoms with Crippen LogP contribution in [-0.2, 0) is 0 Å². The van der Waals surface area contributed by atoms with Crippen LogP contribution in [0.4, 0.5) is 34.1 Å². The standard InChI is InChI=1S/C66H46N2.C60H42N2/c1-4-13-47(14-5-1)54-35-40-60(41-36-54)67(59-18-8-3-9-19-59)61-42-37-55(38-43-61)53-29-27-50(28-30-53)49-23-25-51(26-24-49)52-31-33-56(34-32-52)58-39-44-66-64(46-58)63-21-10-11-22-65(63)68(66)62-20-12-17-57(45-62)48-15-6-2-7-16-48;1-4-15-43(16-5-1)45-31-36-52(37-32-45)61(51-20-8-3-9-21-51)53-38-33-48(34-39-53)56-24-11-10-23-55(56)47-29-27-46(28-30-47)50-35-40-60-58(42-50)57-25-12-13-26-59(57)62(60)54-22-14-19-49(41-54)44-17-6-2-7-18-44/h1-46H;1-42H. The molecule has 0 aliphatic heterocycles. The zero-order chi connectivity index (χ0) is 86.5. The van der Waals surface area contributed by atoms with Crippen LogP contribution in [-0.4, -0.2) is 9.13 Å². The number of rotatable bonds is 19. The molecular formula is C126H88N4. The van der Waals surface area contributed by atoms with Crippen molar-refractivity contribution in [2.45, 2.75) is 0 Å². The van der Waals surface area contributed by atoms with Crippen LogP contribution in [0.1, 0.15) is 0 Å². The first-order valence-electron chi connectivity index (χ1n) is 44.6. The first-order chi connectivity index (χ1) is 64.4. The number of fused-ring (bicyclic) bond motifs is 6. The molecule has 0 spiro atoms. The lowest BCUT2D eigenvalue weighted by Crippen LogP contribution is -2.09. The summed E-state index contributed by atoms with van der Waals surface area (Å²) in [5.41, 5.74) is 40.3. The molecule has 0 radical (unpaired) electrons. The SMILES string of the molecule is c1ccc(-c2ccc(N(c3ccccc3)c3ccc(-c4ccc(-c5ccc(-c6ccc(-c7ccc8c(c7)c7ccccc7n8-c7cccc(-c8ccccc8)c7)cc6)cc5)cc4)cc3)cc2)cc1.c1ccc(-c2ccc(N(c3ccccc3)c3ccc(-c4ccccc4-c4ccc(-c5ccc6c(c5)c5ccccc5n6-c5cccc(-c6ccccc6)c5)cc4)cc3)cc2)cc1. The lowest BCUT2D eigenvalue weighted by atomic mass is 9.93. The molecule has 23 rings (SSSR count). The molecule has 21 aromatic carbocycles. The van der Waals surface area contributed by atoms with Gasteiger partial charge in [-0.3, -0.25) is 0 Å². The van der Waals surface area contributed by atoms with Gasteiger partial charge in [-0.05, 0) is 256 Å². The van der Waals surface area contributed by atoms with E-state index in [1.54, 1.807) is 0 Å². The number of hydrogen-bond donors (Lipinski definition) is 0. The van der Waals surface area contributed by atoms with Crippen molar-refractivity contribution in [2.24, 2.45) is 0 Å². The molecule has 0 saturated heterocycles. The van der Waals surface area contributed by atoms with E-state index in [0.29, 0.717) is 0 Å². The average Bonchev–Trinajstić information content (AvgIpc) is 1.58. The third kappa shape index (κ3) is 15.9. The van der Waals surface area contributed by atoms with Gasteiger partial charge in [0, 0.05) is 67.0 Å². The highest BCUT2D eigenvalue weighted by Crippen LogP contribution is 2.45. The van der Waals surface area contributed by atoms with Crippen LogP contribution in [0, 0.1) is 0 Å². The van der Waals surface area contributed by atoms with Crippen molar-refractivity contribution in [3.8, 4) is 134 Å². The van der Waals surface area contributed by atoms with Crippen molar-refractivity contribution in [3.63, 3.8) is 0 Å². The summed E-state index contributed by atoms with van der Waals surface area (Å²) in [5, 5.41) is 5.00. The molecule has 0 atom stereocenters. The highest BCUT2D eigenvalue weighted by atomic mass is 15.1. The van der Waals surface area contributed by atoms with Crippen LogP contribution in [0.5, 0.6) is 0 Å². The first kappa shape index (κ1) is 78.8. The quantitative estimate of drug-likeness (QED) is 0.0802. The van der Waals surface area contributed by atoms with Crippen LogP contribution in [0.15, 0.2) is 534 Å². The Morgan fingerprint density at radius 3 is 0.615 bits per heavy atom. The number of benzene rings is 21. The molecule has 2 aromatic heterocycles. The van der Waals surface area contributed by atoms with Gasteiger partial charge in [-0.15, -0.1) is 0 Å². The van der Waals surface area contributed by atoms with E-state index in [4.69, 9.17) is 0 Å². The van der Waals surface area contributed by atoms with Crippen molar-refractivity contribution in [1.82, 2.24) is 9.13 Å². The predicted octanol–water partition coefficient (Wildman–Crippen LogP) is 34.8. The Bertz CT molecular complexity index is 7890. The van der Waals surface area contributed by atoms with E-state index in [0.717, 1.165) is 45.5 Å². The Hall–Kier alpha value is -17.2. The Kier molecular flexibility index (Phi) is 21.5. The van der Waals surface area contributed by atoms with Gasteiger partial charge >= 0.3 is 0 Å². The fourth-order valence-electron chi connectivity index (χ4n) is 18.7. The molecule has 4 heteroatoms. The Labute approximate surface area is 759 Å². The van der Waals surface area contributed by atoms with Gasteiger partial charge < -0.3 is 18.9 Å². The van der Waals surface area contributed by atoms with Crippen LogP contribution in [0.25, 0.3) is 177 Å². The van der Waals surface area contributed by atoms with Crippen LogP contribution in [0.3, 0.4) is 0 Å². The zero-order valence-electron chi connectivity index (χ0n) is 71.6. The molecule has 0 amide bonds. The molecule has 0 aliphatic rings. The highest BCUT2D eigenvalue weighted by Gasteiger charge is 2.21. The molecule has 4 nitrogen and oxygen atoms in total. The molecule has 23 aromatic rings. The lowest BCUT2D eigenvalue weighted by Gasteiger charge is -2.26. The Balaban J connectivity index is 0.000000153. The second-order valence-corrected chi connectivity index (χ2v) is 33.1. The second kappa shape index (κ2) is 35.5. The third-order valence-corrected chi connectivity index (χ3v) is 25.3. The molecular weight excluding hydrogens is 1570 g/mol. The lowest BCUT2D eigenvalue weighted by molar-refractivity contribution is 1.18. The van der Waals surface area contributed by atoms with Crippen LogP contribution in [0.2, 0.25) is 0 Å². The second-order valence-electron chi connectivity index (χ2n) is 33.1. The summed E-state index contributed by atoms with van der Waals surface area (Å²) in [4.78, 5) is 4.63. The molecule has 0 unspecified atom stereocenters. The molecule has 0 bridgehead atoms. The van der Waals surface area contributed by atoms with E-state index in [1.165, 1.54) is 166 Å².